The van der Waals surface area contributed by atoms with Gasteiger partial charge in [0.15, 0.2) is 0 Å². The van der Waals surface area contributed by atoms with Crippen LogP contribution in [0.1, 0.15) is 38.7 Å². The summed E-state index contributed by atoms with van der Waals surface area (Å²) in [5.74, 6) is 1.13. The van der Waals surface area contributed by atoms with Crippen molar-refractivity contribution in [2.45, 2.75) is 44.7 Å². The van der Waals surface area contributed by atoms with Crippen molar-refractivity contribution in [1.82, 2.24) is 4.90 Å². The quantitative estimate of drug-likeness (QED) is 0.910. The predicted octanol–water partition coefficient (Wildman–Crippen LogP) is 3.33. The number of methoxy groups -OCH3 is 1. The molecule has 2 rings (SSSR count). The zero-order chi connectivity index (χ0) is 14.2. The molecule has 1 aliphatic rings. The molecule has 1 aromatic carbocycles. The van der Waals surface area contributed by atoms with Crippen LogP contribution in [-0.2, 0) is 0 Å². The third kappa shape index (κ3) is 2.83. The molecule has 0 aromatic heterocycles. The predicted molar refractivity (Wildman–Crippen MR) is 73.8 cm³/mol. The van der Waals surface area contributed by atoms with E-state index in [4.69, 9.17) is 4.74 Å². The molecule has 1 N–H and O–H groups in total. The highest BCUT2D eigenvalue weighted by Crippen LogP contribution is 2.47. The molecular weight excluding hydrogens is 242 g/mol. The number of amides is 1. The molecule has 1 aromatic rings. The molecule has 0 bridgehead atoms. The summed E-state index contributed by atoms with van der Waals surface area (Å²) in [4.78, 5) is 13.0. The summed E-state index contributed by atoms with van der Waals surface area (Å²) in [6.45, 7) is 5.81. The molecule has 1 amide bonds. The van der Waals surface area contributed by atoms with Gasteiger partial charge in [-0.25, -0.2) is 4.79 Å². The maximum Gasteiger partial charge on any atom is 0.408 e. The molecule has 1 aliphatic carbocycles. The minimum Gasteiger partial charge on any atom is -0.497 e. The molecule has 2 unspecified atom stereocenters. The Hall–Kier alpha value is -1.71. The molecule has 0 spiro atoms. The highest BCUT2D eigenvalue weighted by atomic mass is 16.5. The number of carboxylic acid groups (broad SMARTS) is 1. The number of hydrogen-bond donors (Lipinski definition) is 1. The zero-order valence-corrected chi connectivity index (χ0v) is 11.9. The molecule has 0 radical (unpaired) electrons. The van der Waals surface area contributed by atoms with Crippen LogP contribution in [0.3, 0.4) is 0 Å². The summed E-state index contributed by atoms with van der Waals surface area (Å²) in [6, 6.07) is 7.98. The van der Waals surface area contributed by atoms with Crippen LogP contribution in [0.5, 0.6) is 5.75 Å². The second kappa shape index (κ2) is 4.76. The minimum atomic E-state index is -0.839. The Kier molecular flexibility index (Phi) is 3.43. The second-order valence-electron chi connectivity index (χ2n) is 6.01. The maximum atomic E-state index is 11.4. The minimum absolute atomic E-state index is 0.0888. The first-order chi connectivity index (χ1) is 8.84. The Morgan fingerprint density at radius 2 is 1.89 bits per heavy atom. The van der Waals surface area contributed by atoms with E-state index >= 15 is 0 Å². The van der Waals surface area contributed by atoms with Crippen LogP contribution in [0.15, 0.2) is 24.3 Å². The van der Waals surface area contributed by atoms with Gasteiger partial charge in [0.25, 0.3) is 0 Å². The van der Waals surface area contributed by atoms with E-state index in [2.05, 4.69) is 0 Å². The van der Waals surface area contributed by atoms with Gasteiger partial charge in [0.05, 0.1) is 7.11 Å². The van der Waals surface area contributed by atoms with Crippen molar-refractivity contribution in [3.63, 3.8) is 0 Å². The molecule has 2 atom stereocenters. The lowest BCUT2D eigenvalue weighted by atomic mass is 10.1. The molecule has 0 saturated heterocycles. The van der Waals surface area contributed by atoms with Gasteiger partial charge in [-0.05, 0) is 44.9 Å². The third-order valence-corrected chi connectivity index (χ3v) is 3.56. The smallest absolute Gasteiger partial charge is 0.408 e. The Morgan fingerprint density at radius 3 is 2.32 bits per heavy atom. The van der Waals surface area contributed by atoms with Gasteiger partial charge in [0.2, 0.25) is 0 Å². The third-order valence-electron chi connectivity index (χ3n) is 3.56. The zero-order valence-electron chi connectivity index (χ0n) is 11.9. The van der Waals surface area contributed by atoms with Gasteiger partial charge < -0.3 is 9.84 Å². The van der Waals surface area contributed by atoms with Crippen LogP contribution < -0.4 is 4.74 Å². The number of carbonyl (C=O) groups is 1. The second-order valence-corrected chi connectivity index (χ2v) is 6.01. The van der Waals surface area contributed by atoms with Gasteiger partial charge in [0.1, 0.15) is 5.75 Å². The monoisotopic (exact) mass is 263 g/mol. The van der Waals surface area contributed by atoms with Crippen LogP contribution in [0.4, 0.5) is 4.79 Å². The van der Waals surface area contributed by atoms with E-state index in [0.29, 0.717) is 5.92 Å². The lowest BCUT2D eigenvalue weighted by molar-refractivity contribution is 0.0940. The lowest BCUT2D eigenvalue weighted by Crippen LogP contribution is -2.46. The molecule has 0 aliphatic heterocycles. The molecule has 1 fully saturated rings. The van der Waals surface area contributed by atoms with E-state index in [1.165, 1.54) is 5.56 Å². The van der Waals surface area contributed by atoms with E-state index in [0.717, 1.165) is 12.2 Å². The van der Waals surface area contributed by atoms with Crippen molar-refractivity contribution in [2.24, 2.45) is 0 Å². The molecule has 4 nitrogen and oxygen atoms in total. The Balaban J connectivity index is 2.12. The molecule has 104 valence electrons. The number of nitrogens with zero attached hydrogens (tertiary/aromatic N) is 1. The summed E-state index contributed by atoms with van der Waals surface area (Å²) in [5.41, 5.74) is 0.818. The molecule has 0 heterocycles. The van der Waals surface area contributed by atoms with Crippen molar-refractivity contribution in [3.8, 4) is 5.75 Å². The maximum absolute atomic E-state index is 11.4. The molecule has 4 heteroatoms. The van der Waals surface area contributed by atoms with Crippen LogP contribution in [0.2, 0.25) is 0 Å². The van der Waals surface area contributed by atoms with Crippen molar-refractivity contribution in [2.75, 3.05) is 7.11 Å². The number of benzene rings is 1. The fraction of sp³-hybridized carbons (Fsp3) is 0.533. The van der Waals surface area contributed by atoms with Gasteiger partial charge in [-0.2, -0.15) is 0 Å². The van der Waals surface area contributed by atoms with Gasteiger partial charge in [-0.1, -0.05) is 12.1 Å². The SMILES string of the molecule is COc1ccc(C2CC2N(C(=O)O)C(C)(C)C)cc1. The first-order valence-electron chi connectivity index (χ1n) is 6.51. The Morgan fingerprint density at radius 1 is 1.32 bits per heavy atom. The van der Waals surface area contributed by atoms with E-state index in [1.807, 2.05) is 45.0 Å². The highest BCUT2D eigenvalue weighted by molar-refractivity contribution is 5.67. The van der Waals surface area contributed by atoms with E-state index in [1.54, 1.807) is 12.0 Å². The fourth-order valence-corrected chi connectivity index (χ4v) is 2.60. The van der Waals surface area contributed by atoms with E-state index < -0.39 is 6.09 Å². The first-order valence-corrected chi connectivity index (χ1v) is 6.51. The molecule has 19 heavy (non-hydrogen) atoms. The van der Waals surface area contributed by atoms with E-state index in [-0.39, 0.29) is 11.6 Å². The summed E-state index contributed by atoms with van der Waals surface area (Å²) < 4.78 is 5.13. The lowest BCUT2D eigenvalue weighted by Gasteiger charge is -2.33. The fourth-order valence-electron chi connectivity index (χ4n) is 2.60. The van der Waals surface area contributed by atoms with Gasteiger partial charge in [-0.15, -0.1) is 0 Å². The summed E-state index contributed by atoms with van der Waals surface area (Å²) >= 11 is 0. The van der Waals surface area contributed by atoms with Crippen molar-refractivity contribution in [1.29, 1.82) is 0 Å². The van der Waals surface area contributed by atoms with Gasteiger partial charge in [-0.3, -0.25) is 4.90 Å². The standard InChI is InChI=1S/C15H21NO3/c1-15(2,3)16(14(17)18)13-9-12(13)10-5-7-11(19-4)8-6-10/h5-8,12-13H,9H2,1-4H3,(H,17,18). The first kappa shape index (κ1) is 13.7. The number of rotatable bonds is 3. The highest BCUT2D eigenvalue weighted by Gasteiger charge is 2.48. The summed E-state index contributed by atoms with van der Waals surface area (Å²) in [5, 5.41) is 9.37. The Labute approximate surface area is 114 Å². The Bertz CT molecular complexity index is 461. The van der Waals surface area contributed by atoms with Crippen LogP contribution in [0.25, 0.3) is 0 Å². The number of ether oxygens (including phenoxy) is 1. The van der Waals surface area contributed by atoms with Crippen molar-refractivity contribution < 1.29 is 14.6 Å². The van der Waals surface area contributed by atoms with Crippen LogP contribution >= 0.6 is 0 Å². The van der Waals surface area contributed by atoms with Crippen molar-refractivity contribution >= 4 is 6.09 Å². The van der Waals surface area contributed by atoms with Crippen LogP contribution in [-0.4, -0.2) is 34.8 Å². The van der Waals surface area contributed by atoms with Crippen LogP contribution in [0, 0.1) is 0 Å². The van der Waals surface area contributed by atoms with E-state index in [9.17, 15) is 9.90 Å². The normalized spacial score (nSPS) is 21.9. The van der Waals surface area contributed by atoms with Crippen molar-refractivity contribution in [3.05, 3.63) is 29.8 Å². The number of hydrogen-bond acceptors (Lipinski definition) is 2. The average Bonchev–Trinajstić information content (AvgIpc) is 3.06. The topological polar surface area (TPSA) is 49.8 Å². The summed E-state index contributed by atoms with van der Waals surface area (Å²) in [7, 11) is 1.64. The van der Waals surface area contributed by atoms with Gasteiger partial charge >= 0.3 is 6.09 Å². The summed E-state index contributed by atoms with van der Waals surface area (Å²) in [6.07, 6.45) is 0.0594. The van der Waals surface area contributed by atoms with Gasteiger partial charge in [0, 0.05) is 17.5 Å². The average molecular weight is 263 g/mol. The largest absolute Gasteiger partial charge is 0.497 e. The molecule has 1 saturated carbocycles. The molecular formula is C15H21NO3.